The van der Waals surface area contributed by atoms with Crippen LogP contribution in [0.4, 0.5) is 0 Å². The van der Waals surface area contributed by atoms with E-state index in [0.29, 0.717) is 18.5 Å². The molecule has 1 aliphatic carbocycles. The monoisotopic (exact) mass is 330 g/mol. The quantitative estimate of drug-likeness (QED) is 0.903. The molecule has 6 heteroatoms. The number of aryl methyl sites for hydroxylation is 1. The molecule has 1 saturated carbocycles. The molecule has 2 atom stereocenters. The van der Waals surface area contributed by atoms with Gasteiger partial charge in [-0.25, -0.2) is 0 Å². The molecule has 1 aromatic heterocycles. The highest BCUT2D eigenvalue weighted by molar-refractivity contribution is 5.99. The summed E-state index contributed by atoms with van der Waals surface area (Å²) in [4.78, 5) is 24.1. The molecule has 6 nitrogen and oxygen atoms in total. The minimum Gasteiger partial charge on any atom is -0.497 e. The van der Waals surface area contributed by atoms with E-state index in [9.17, 15) is 14.7 Å². The van der Waals surface area contributed by atoms with E-state index in [0.717, 1.165) is 29.5 Å². The average Bonchev–Trinajstić information content (AvgIpc) is 2.91. The Morgan fingerprint density at radius 3 is 2.71 bits per heavy atom. The number of hydrogen-bond acceptors (Lipinski definition) is 3. The van der Waals surface area contributed by atoms with Gasteiger partial charge in [-0.15, -0.1) is 0 Å². The van der Waals surface area contributed by atoms with Crippen LogP contribution in [0.3, 0.4) is 0 Å². The van der Waals surface area contributed by atoms with Crippen LogP contribution in [-0.4, -0.2) is 34.7 Å². The number of carboxylic acid groups (broad SMARTS) is 1. The summed E-state index contributed by atoms with van der Waals surface area (Å²) in [6.45, 7) is 0. The number of ether oxygens (including phenoxy) is 1. The van der Waals surface area contributed by atoms with E-state index < -0.39 is 11.9 Å². The molecule has 1 amide bonds. The topological polar surface area (TPSA) is 80.6 Å². The highest BCUT2D eigenvalue weighted by Gasteiger charge is 2.32. The van der Waals surface area contributed by atoms with Gasteiger partial charge in [-0.2, -0.15) is 0 Å². The molecule has 2 N–H and O–H groups in total. The first-order valence-electron chi connectivity index (χ1n) is 8.18. The number of amides is 1. The molecule has 2 unspecified atom stereocenters. The third-order valence-corrected chi connectivity index (χ3v) is 4.88. The van der Waals surface area contributed by atoms with Crippen molar-refractivity contribution in [3.8, 4) is 5.75 Å². The van der Waals surface area contributed by atoms with Gasteiger partial charge in [0.1, 0.15) is 11.4 Å². The van der Waals surface area contributed by atoms with Crippen LogP contribution in [0.1, 0.15) is 36.2 Å². The summed E-state index contributed by atoms with van der Waals surface area (Å²) in [5, 5.41) is 13.2. The normalized spacial score (nSPS) is 20.8. The van der Waals surface area contributed by atoms with Gasteiger partial charge < -0.3 is 19.7 Å². The van der Waals surface area contributed by atoms with Crippen molar-refractivity contribution >= 4 is 22.8 Å². The molecule has 24 heavy (non-hydrogen) atoms. The Bertz CT molecular complexity index is 781. The number of rotatable bonds is 4. The lowest BCUT2D eigenvalue weighted by Gasteiger charge is -2.29. The zero-order chi connectivity index (χ0) is 17.3. The number of nitrogens with zero attached hydrogens (tertiary/aromatic N) is 1. The van der Waals surface area contributed by atoms with E-state index in [1.165, 1.54) is 0 Å². The van der Waals surface area contributed by atoms with E-state index in [-0.39, 0.29) is 11.9 Å². The predicted octanol–water partition coefficient (Wildman–Crippen LogP) is 2.56. The number of hydrogen-bond donors (Lipinski definition) is 2. The highest BCUT2D eigenvalue weighted by atomic mass is 16.5. The summed E-state index contributed by atoms with van der Waals surface area (Å²) in [6, 6.07) is 7.16. The SMILES string of the molecule is COc1ccc2cc(C(=O)NC3CCCCC3C(=O)O)n(C)c2c1. The lowest BCUT2D eigenvalue weighted by atomic mass is 9.84. The molecule has 0 aliphatic heterocycles. The number of aromatic nitrogens is 1. The summed E-state index contributed by atoms with van der Waals surface area (Å²) in [6.07, 6.45) is 3.17. The van der Waals surface area contributed by atoms with Crippen LogP contribution >= 0.6 is 0 Å². The van der Waals surface area contributed by atoms with E-state index in [1.54, 1.807) is 7.11 Å². The van der Waals surface area contributed by atoms with Crippen molar-refractivity contribution in [3.63, 3.8) is 0 Å². The molecule has 0 spiro atoms. The Labute approximate surface area is 140 Å². The third kappa shape index (κ3) is 2.96. The van der Waals surface area contributed by atoms with Gasteiger partial charge in [0, 0.05) is 24.5 Å². The Morgan fingerprint density at radius 2 is 2.00 bits per heavy atom. The van der Waals surface area contributed by atoms with Gasteiger partial charge in [-0.05, 0) is 31.0 Å². The maximum Gasteiger partial charge on any atom is 0.308 e. The van der Waals surface area contributed by atoms with Crippen LogP contribution in [0, 0.1) is 5.92 Å². The maximum atomic E-state index is 12.7. The van der Waals surface area contributed by atoms with Crippen LogP contribution in [0.2, 0.25) is 0 Å². The number of carbonyl (C=O) groups is 2. The fraction of sp³-hybridized carbons (Fsp3) is 0.444. The van der Waals surface area contributed by atoms with Gasteiger partial charge in [0.15, 0.2) is 0 Å². The second-order valence-electron chi connectivity index (χ2n) is 6.32. The van der Waals surface area contributed by atoms with Crippen molar-refractivity contribution < 1.29 is 19.4 Å². The van der Waals surface area contributed by atoms with Crippen molar-refractivity contribution in [2.45, 2.75) is 31.7 Å². The van der Waals surface area contributed by atoms with E-state index in [1.807, 2.05) is 35.9 Å². The molecule has 1 aliphatic rings. The van der Waals surface area contributed by atoms with Crippen molar-refractivity contribution in [2.24, 2.45) is 13.0 Å². The summed E-state index contributed by atoms with van der Waals surface area (Å²) < 4.78 is 7.04. The minimum absolute atomic E-state index is 0.231. The molecule has 1 fully saturated rings. The van der Waals surface area contributed by atoms with Crippen molar-refractivity contribution in [1.29, 1.82) is 0 Å². The molecule has 2 aromatic rings. The van der Waals surface area contributed by atoms with Gasteiger partial charge in [-0.1, -0.05) is 12.8 Å². The number of fused-ring (bicyclic) bond motifs is 1. The van der Waals surface area contributed by atoms with Crippen LogP contribution < -0.4 is 10.1 Å². The molecule has 0 radical (unpaired) electrons. The van der Waals surface area contributed by atoms with Crippen molar-refractivity contribution in [1.82, 2.24) is 9.88 Å². The molecular weight excluding hydrogens is 308 g/mol. The maximum absolute atomic E-state index is 12.7. The Morgan fingerprint density at radius 1 is 1.25 bits per heavy atom. The van der Waals surface area contributed by atoms with Gasteiger partial charge >= 0.3 is 5.97 Å². The molecule has 1 aromatic carbocycles. The second-order valence-corrected chi connectivity index (χ2v) is 6.32. The van der Waals surface area contributed by atoms with E-state index >= 15 is 0 Å². The van der Waals surface area contributed by atoms with Crippen LogP contribution in [0.5, 0.6) is 5.75 Å². The zero-order valence-corrected chi connectivity index (χ0v) is 13.9. The van der Waals surface area contributed by atoms with E-state index in [4.69, 9.17) is 4.74 Å². The third-order valence-electron chi connectivity index (χ3n) is 4.88. The Hall–Kier alpha value is -2.50. The predicted molar refractivity (Wildman–Crippen MR) is 90.3 cm³/mol. The number of carboxylic acids is 1. The number of nitrogens with one attached hydrogen (secondary N) is 1. The smallest absolute Gasteiger partial charge is 0.308 e. The lowest BCUT2D eigenvalue weighted by molar-refractivity contribution is -0.143. The Kier molecular flexibility index (Phi) is 4.46. The van der Waals surface area contributed by atoms with Crippen LogP contribution in [-0.2, 0) is 11.8 Å². The second kappa shape index (κ2) is 6.55. The highest BCUT2D eigenvalue weighted by Crippen LogP contribution is 2.26. The molecule has 1 heterocycles. The Balaban J connectivity index is 1.85. The largest absolute Gasteiger partial charge is 0.497 e. The molecule has 0 saturated heterocycles. The summed E-state index contributed by atoms with van der Waals surface area (Å²) in [7, 11) is 3.43. The number of benzene rings is 1. The van der Waals surface area contributed by atoms with Gasteiger partial charge in [0.2, 0.25) is 0 Å². The summed E-state index contributed by atoms with van der Waals surface area (Å²) in [5.41, 5.74) is 1.42. The number of aliphatic carboxylic acids is 1. The molecular formula is C18H22N2O4. The van der Waals surface area contributed by atoms with Gasteiger partial charge in [0.25, 0.3) is 5.91 Å². The molecule has 3 rings (SSSR count). The number of methoxy groups -OCH3 is 1. The van der Waals surface area contributed by atoms with Gasteiger partial charge in [-0.3, -0.25) is 9.59 Å². The van der Waals surface area contributed by atoms with Crippen LogP contribution in [0.15, 0.2) is 24.3 Å². The first-order valence-corrected chi connectivity index (χ1v) is 8.18. The molecule has 0 bridgehead atoms. The fourth-order valence-corrected chi connectivity index (χ4v) is 3.50. The van der Waals surface area contributed by atoms with Crippen molar-refractivity contribution in [2.75, 3.05) is 7.11 Å². The van der Waals surface area contributed by atoms with Crippen molar-refractivity contribution in [3.05, 3.63) is 30.0 Å². The average molecular weight is 330 g/mol. The fourth-order valence-electron chi connectivity index (χ4n) is 3.50. The number of carbonyl (C=O) groups excluding carboxylic acids is 1. The zero-order valence-electron chi connectivity index (χ0n) is 13.9. The first kappa shape index (κ1) is 16.4. The van der Waals surface area contributed by atoms with Crippen LogP contribution in [0.25, 0.3) is 10.9 Å². The van der Waals surface area contributed by atoms with E-state index in [2.05, 4.69) is 5.32 Å². The molecule has 128 valence electrons. The first-order chi connectivity index (χ1) is 11.5. The summed E-state index contributed by atoms with van der Waals surface area (Å²) >= 11 is 0. The lowest BCUT2D eigenvalue weighted by Crippen LogP contribution is -2.45. The minimum atomic E-state index is -0.832. The summed E-state index contributed by atoms with van der Waals surface area (Å²) in [5.74, 6) is -0.834. The standard InChI is InChI=1S/C18H22N2O4/c1-20-15-10-12(24-2)8-7-11(15)9-16(20)17(21)19-14-6-4-3-5-13(14)18(22)23/h7-10,13-14H,3-6H2,1-2H3,(H,19,21)(H,22,23). The van der Waals surface area contributed by atoms with Gasteiger partial charge in [0.05, 0.1) is 18.5 Å².